The summed E-state index contributed by atoms with van der Waals surface area (Å²) < 4.78 is 1.59. The van der Waals surface area contributed by atoms with Crippen LogP contribution < -0.4 is 5.32 Å². The molecule has 0 radical (unpaired) electrons. The number of rotatable bonds is 5. The minimum absolute atomic E-state index is 0.188. The summed E-state index contributed by atoms with van der Waals surface area (Å²) in [4.78, 5) is 26.4. The second kappa shape index (κ2) is 6.40. The maximum Gasteiger partial charge on any atom is 0.381 e. The molecule has 1 aromatic heterocycles. The van der Waals surface area contributed by atoms with Crippen LogP contribution in [0, 0.1) is 17.0 Å². The molecular weight excluding hydrogens is 292 g/mol. The van der Waals surface area contributed by atoms with E-state index in [4.69, 9.17) is 0 Å². The summed E-state index contributed by atoms with van der Waals surface area (Å²) in [7, 11) is 0. The van der Waals surface area contributed by atoms with Crippen molar-refractivity contribution >= 4 is 30.0 Å². The number of anilines is 1. The zero-order chi connectivity index (χ0) is 15.4. The molecular formula is C13H14N4O3S. The number of hydrogen-bond donors (Lipinski definition) is 2. The van der Waals surface area contributed by atoms with Crippen molar-refractivity contribution in [3.63, 3.8) is 0 Å². The van der Waals surface area contributed by atoms with E-state index in [0.717, 1.165) is 0 Å². The highest BCUT2D eigenvalue weighted by molar-refractivity contribution is 7.80. The first-order valence-corrected chi connectivity index (χ1v) is 6.68. The molecule has 0 bridgehead atoms. The molecule has 0 aliphatic carbocycles. The number of imidazole rings is 1. The molecule has 1 amide bonds. The number of carbonyl (C=O) groups excluding carboxylic acids is 1. The molecule has 21 heavy (non-hydrogen) atoms. The van der Waals surface area contributed by atoms with Crippen LogP contribution >= 0.6 is 12.6 Å². The number of nitrogens with zero attached hydrogens (tertiary/aromatic N) is 3. The highest BCUT2D eigenvalue weighted by Gasteiger charge is 2.15. The molecule has 1 aromatic carbocycles. The lowest BCUT2D eigenvalue weighted by Gasteiger charge is -2.07. The van der Waals surface area contributed by atoms with E-state index in [2.05, 4.69) is 22.9 Å². The zero-order valence-electron chi connectivity index (χ0n) is 11.3. The van der Waals surface area contributed by atoms with Crippen LogP contribution in [0.3, 0.4) is 0 Å². The molecule has 8 heteroatoms. The van der Waals surface area contributed by atoms with Gasteiger partial charge in [-0.25, -0.2) is 0 Å². The van der Waals surface area contributed by atoms with Crippen LogP contribution in [-0.2, 0) is 11.3 Å². The quantitative estimate of drug-likeness (QED) is 0.504. The Kier molecular flexibility index (Phi) is 4.59. The molecule has 7 nitrogen and oxygen atoms in total. The summed E-state index contributed by atoms with van der Waals surface area (Å²) in [6.07, 6.45) is 1.52. The molecule has 110 valence electrons. The standard InChI is InChI=1S/C13H14N4O3S/c1-9-14-12(17(19)20)8-16(9)7-6-13(18)15-10-4-2-3-5-11(10)21/h2-5,8,21H,6-7H2,1H3,(H,15,18). The van der Waals surface area contributed by atoms with Crippen LogP contribution in [0.15, 0.2) is 35.4 Å². The first-order chi connectivity index (χ1) is 9.97. The summed E-state index contributed by atoms with van der Waals surface area (Å²) in [6.45, 7) is 1.99. The van der Waals surface area contributed by atoms with Gasteiger partial charge in [0.1, 0.15) is 6.20 Å². The van der Waals surface area contributed by atoms with Crippen molar-refractivity contribution in [1.29, 1.82) is 0 Å². The maximum atomic E-state index is 11.9. The number of aryl methyl sites for hydroxylation is 2. The van der Waals surface area contributed by atoms with Crippen molar-refractivity contribution in [1.82, 2.24) is 9.55 Å². The number of para-hydroxylation sites is 1. The number of thiol groups is 1. The largest absolute Gasteiger partial charge is 0.381 e. The number of nitrogens with one attached hydrogen (secondary N) is 1. The number of aromatic nitrogens is 2. The van der Waals surface area contributed by atoms with Crippen molar-refractivity contribution in [3.8, 4) is 0 Å². The highest BCUT2D eigenvalue weighted by Crippen LogP contribution is 2.19. The smallest absolute Gasteiger partial charge is 0.358 e. The lowest BCUT2D eigenvalue weighted by molar-refractivity contribution is -0.389. The van der Waals surface area contributed by atoms with Gasteiger partial charge in [-0.2, -0.15) is 0 Å². The van der Waals surface area contributed by atoms with Gasteiger partial charge in [-0.15, -0.1) is 12.6 Å². The normalized spacial score (nSPS) is 10.4. The van der Waals surface area contributed by atoms with E-state index >= 15 is 0 Å². The fraction of sp³-hybridized carbons (Fsp3) is 0.231. The lowest BCUT2D eigenvalue weighted by Crippen LogP contribution is -2.15. The van der Waals surface area contributed by atoms with E-state index < -0.39 is 4.92 Å². The molecule has 2 aromatic rings. The Morgan fingerprint density at radius 1 is 1.48 bits per heavy atom. The van der Waals surface area contributed by atoms with Crippen molar-refractivity contribution in [3.05, 3.63) is 46.4 Å². The van der Waals surface area contributed by atoms with E-state index in [1.165, 1.54) is 6.20 Å². The Morgan fingerprint density at radius 2 is 2.19 bits per heavy atom. The summed E-state index contributed by atoms with van der Waals surface area (Å²) in [5.41, 5.74) is 0.638. The van der Waals surface area contributed by atoms with Gasteiger partial charge in [-0.3, -0.25) is 4.79 Å². The van der Waals surface area contributed by atoms with E-state index in [9.17, 15) is 14.9 Å². The van der Waals surface area contributed by atoms with E-state index in [-0.39, 0.29) is 18.1 Å². The summed E-state index contributed by atoms with van der Waals surface area (Å²) >= 11 is 4.25. The Labute approximate surface area is 126 Å². The first kappa shape index (κ1) is 15.0. The number of nitro groups is 1. The summed E-state index contributed by atoms with van der Waals surface area (Å²) in [5, 5.41) is 13.4. The van der Waals surface area contributed by atoms with Crippen LogP contribution in [0.5, 0.6) is 0 Å². The van der Waals surface area contributed by atoms with Crippen LogP contribution in [0.2, 0.25) is 0 Å². The Morgan fingerprint density at radius 3 is 2.81 bits per heavy atom. The van der Waals surface area contributed by atoms with Crippen LogP contribution in [0.1, 0.15) is 12.2 Å². The van der Waals surface area contributed by atoms with Gasteiger partial charge < -0.3 is 20.0 Å². The predicted octanol–water partition coefficient (Wildman–Crippen LogP) is 2.42. The minimum Gasteiger partial charge on any atom is -0.358 e. The maximum absolute atomic E-state index is 11.9. The van der Waals surface area contributed by atoms with E-state index in [1.807, 2.05) is 6.07 Å². The fourth-order valence-electron chi connectivity index (χ4n) is 1.82. The molecule has 0 saturated carbocycles. The topological polar surface area (TPSA) is 90.1 Å². The van der Waals surface area contributed by atoms with Gasteiger partial charge >= 0.3 is 5.82 Å². The molecule has 0 unspecified atom stereocenters. The SMILES string of the molecule is Cc1nc([N+](=O)[O-])cn1CCC(=O)Nc1ccccc1S. The van der Waals surface area contributed by atoms with E-state index in [1.54, 1.807) is 29.7 Å². The average Bonchev–Trinajstić information content (AvgIpc) is 2.81. The third kappa shape index (κ3) is 3.82. The van der Waals surface area contributed by atoms with Gasteiger partial charge in [-0.1, -0.05) is 12.1 Å². The number of hydrogen-bond acceptors (Lipinski definition) is 5. The molecule has 1 N–H and O–H groups in total. The van der Waals surface area contributed by atoms with Crippen molar-refractivity contribution in [2.45, 2.75) is 24.8 Å². The van der Waals surface area contributed by atoms with Crippen molar-refractivity contribution in [2.24, 2.45) is 0 Å². The molecule has 0 spiro atoms. The monoisotopic (exact) mass is 306 g/mol. The van der Waals surface area contributed by atoms with Gasteiger partial charge in [-0.05, 0) is 22.0 Å². The highest BCUT2D eigenvalue weighted by atomic mass is 32.1. The summed E-state index contributed by atoms with van der Waals surface area (Å²) in [6, 6.07) is 7.17. The Bertz CT molecular complexity index is 684. The number of amides is 1. The van der Waals surface area contributed by atoms with Gasteiger partial charge in [0.05, 0.1) is 5.69 Å². The molecule has 0 fully saturated rings. The zero-order valence-corrected chi connectivity index (χ0v) is 12.2. The van der Waals surface area contributed by atoms with Gasteiger partial charge in [0.25, 0.3) is 0 Å². The van der Waals surface area contributed by atoms with Crippen LogP contribution in [0.25, 0.3) is 0 Å². The molecule has 0 aliphatic rings. The average molecular weight is 306 g/mol. The van der Waals surface area contributed by atoms with Crippen molar-refractivity contribution < 1.29 is 9.72 Å². The van der Waals surface area contributed by atoms with Crippen molar-refractivity contribution in [2.75, 3.05) is 5.32 Å². The molecule has 2 rings (SSSR count). The predicted molar refractivity (Wildman–Crippen MR) is 80.6 cm³/mol. The van der Waals surface area contributed by atoms with E-state index in [0.29, 0.717) is 23.0 Å². The number of benzene rings is 1. The Balaban J connectivity index is 1.95. The lowest BCUT2D eigenvalue weighted by atomic mass is 10.3. The van der Waals surface area contributed by atoms with Gasteiger partial charge in [0.2, 0.25) is 11.7 Å². The van der Waals surface area contributed by atoms with Crippen LogP contribution in [-0.4, -0.2) is 20.4 Å². The minimum atomic E-state index is -0.555. The van der Waals surface area contributed by atoms with Crippen LogP contribution in [0.4, 0.5) is 11.5 Å². The van der Waals surface area contributed by atoms with Gasteiger partial charge in [0.15, 0.2) is 0 Å². The second-order valence-corrected chi connectivity index (χ2v) is 4.89. The fourth-order valence-corrected chi connectivity index (χ4v) is 2.04. The first-order valence-electron chi connectivity index (χ1n) is 6.23. The molecule has 1 heterocycles. The molecule has 0 atom stereocenters. The third-order valence-electron chi connectivity index (χ3n) is 2.91. The second-order valence-electron chi connectivity index (χ2n) is 4.41. The molecule has 0 saturated heterocycles. The summed E-state index contributed by atoms with van der Waals surface area (Å²) in [5.74, 6) is 0.102. The third-order valence-corrected chi connectivity index (χ3v) is 3.30. The van der Waals surface area contributed by atoms with Gasteiger partial charge in [0, 0.05) is 24.8 Å². The number of carbonyl (C=O) groups is 1. The Hall–Kier alpha value is -2.35. The molecule has 0 aliphatic heterocycles.